The number of hydrogen-bond acceptors (Lipinski definition) is 2. The van der Waals surface area contributed by atoms with Crippen LogP contribution in [0.15, 0.2) is 0 Å². The Morgan fingerprint density at radius 2 is 2.17 bits per heavy atom. The quantitative estimate of drug-likeness (QED) is 0.764. The van der Waals surface area contributed by atoms with E-state index in [-0.39, 0.29) is 6.03 Å². The van der Waals surface area contributed by atoms with E-state index in [1.54, 1.807) is 0 Å². The van der Waals surface area contributed by atoms with Crippen LogP contribution in [-0.2, 0) is 0 Å². The molecule has 1 aliphatic heterocycles. The predicted molar refractivity (Wildman–Crippen MR) is 75.4 cm³/mol. The Morgan fingerprint density at radius 1 is 1.44 bits per heavy atom. The molecule has 0 aromatic rings. The summed E-state index contributed by atoms with van der Waals surface area (Å²) >= 11 is 0. The molecule has 1 heterocycles. The molecule has 2 amide bonds. The Bertz CT molecular complexity index is 255. The minimum absolute atomic E-state index is 0.271. The summed E-state index contributed by atoms with van der Waals surface area (Å²) in [5.74, 6) is 1.25. The van der Waals surface area contributed by atoms with Gasteiger partial charge in [-0.05, 0) is 31.2 Å². The van der Waals surface area contributed by atoms with Crippen molar-refractivity contribution in [3.8, 4) is 0 Å². The topological polar surface area (TPSA) is 58.4 Å². The van der Waals surface area contributed by atoms with E-state index in [9.17, 15) is 4.79 Å². The summed E-state index contributed by atoms with van der Waals surface area (Å²) in [6.07, 6.45) is 4.85. The lowest BCUT2D eigenvalue weighted by Gasteiger charge is -2.37. The highest BCUT2D eigenvalue weighted by Gasteiger charge is 2.28. The zero-order valence-electron chi connectivity index (χ0n) is 12.1. The van der Waals surface area contributed by atoms with E-state index in [1.165, 1.54) is 25.7 Å². The largest absolute Gasteiger partial charge is 0.351 e. The summed E-state index contributed by atoms with van der Waals surface area (Å²) < 4.78 is 0. The third kappa shape index (κ3) is 5.25. The SMILES string of the molecule is CCCCC1CC(NCC(C)C)CN(C(N)=O)C1. The number of primary amides is 1. The Balaban J connectivity index is 2.48. The van der Waals surface area contributed by atoms with E-state index in [0.717, 1.165) is 19.6 Å². The maximum atomic E-state index is 11.4. The van der Waals surface area contributed by atoms with Gasteiger partial charge in [-0.3, -0.25) is 0 Å². The number of nitrogens with two attached hydrogens (primary N) is 1. The fourth-order valence-electron chi connectivity index (χ4n) is 2.64. The Kier molecular flexibility index (Phi) is 6.47. The van der Waals surface area contributed by atoms with Crippen LogP contribution in [0.2, 0.25) is 0 Å². The molecule has 0 aromatic heterocycles. The van der Waals surface area contributed by atoms with Gasteiger partial charge in [-0.2, -0.15) is 0 Å². The van der Waals surface area contributed by atoms with Crippen LogP contribution < -0.4 is 11.1 Å². The van der Waals surface area contributed by atoms with E-state index >= 15 is 0 Å². The van der Waals surface area contributed by atoms with Gasteiger partial charge in [-0.1, -0.05) is 33.6 Å². The monoisotopic (exact) mass is 255 g/mol. The first kappa shape index (κ1) is 15.3. The molecule has 0 radical (unpaired) electrons. The van der Waals surface area contributed by atoms with Crippen LogP contribution in [0.4, 0.5) is 4.79 Å². The lowest BCUT2D eigenvalue weighted by atomic mass is 9.90. The molecular formula is C14H29N3O. The van der Waals surface area contributed by atoms with Crippen molar-refractivity contribution in [1.29, 1.82) is 0 Å². The normalized spacial score (nSPS) is 24.6. The van der Waals surface area contributed by atoms with Gasteiger partial charge in [0.2, 0.25) is 0 Å². The minimum Gasteiger partial charge on any atom is -0.351 e. The molecule has 2 unspecified atom stereocenters. The van der Waals surface area contributed by atoms with Crippen LogP contribution in [0.5, 0.6) is 0 Å². The standard InChI is InChI=1S/C14H29N3O/c1-4-5-6-12-7-13(16-8-11(2)3)10-17(9-12)14(15)18/h11-13,16H,4-10H2,1-3H3,(H2,15,18). The first-order valence-corrected chi connectivity index (χ1v) is 7.30. The molecule has 18 heavy (non-hydrogen) atoms. The number of nitrogens with zero attached hydrogens (tertiary/aromatic N) is 1. The average Bonchev–Trinajstić information content (AvgIpc) is 2.33. The first-order chi connectivity index (χ1) is 8.52. The second-order valence-corrected chi connectivity index (χ2v) is 5.99. The zero-order chi connectivity index (χ0) is 13.5. The number of piperidine rings is 1. The van der Waals surface area contributed by atoms with Crippen molar-refractivity contribution in [1.82, 2.24) is 10.2 Å². The molecule has 0 spiro atoms. The summed E-state index contributed by atoms with van der Waals surface area (Å²) in [7, 11) is 0. The van der Waals surface area contributed by atoms with Gasteiger partial charge in [0.25, 0.3) is 0 Å². The molecule has 4 nitrogen and oxygen atoms in total. The third-order valence-corrected chi connectivity index (χ3v) is 3.63. The van der Waals surface area contributed by atoms with Gasteiger partial charge in [0.15, 0.2) is 0 Å². The number of carbonyl (C=O) groups excluding carboxylic acids is 1. The lowest BCUT2D eigenvalue weighted by molar-refractivity contribution is 0.147. The Morgan fingerprint density at radius 3 is 2.72 bits per heavy atom. The number of nitrogens with one attached hydrogen (secondary N) is 1. The van der Waals surface area contributed by atoms with Crippen molar-refractivity contribution >= 4 is 6.03 Å². The third-order valence-electron chi connectivity index (χ3n) is 3.63. The average molecular weight is 255 g/mol. The summed E-state index contributed by atoms with van der Waals surface area (Å²) in [6, 6.07) is 0.142. The zero-order valence-corrected chi connectivity index (χ0v) is 12.1. The highest BCUT2D eigenvalue weighted by Crippen LogP contribution is 2.22. The van der Waals surface area contributed by atoms with E-state index in [0.29, 0.717) is 17.9 Å². The Hall–Kier alpha value is -0.770. The summed E-state index contributed by atoms with van der Waals surface area (Å²) in [5, 5.41) is 3.56. The predicted octanol–water partition coefficient (Wildman–Crippen LogP) is 2.19. The molecule has 1 saturated heterocycles. The number of unbranched alkanes of at least 4 members (excludes halogenated alkanes) is 1. The van der Waals surface area contributed by atoms with Crippen molar-refractivity contribution in [3.05, 3.63) is 0 Å². The molecule has 0 aromatic carbocycles. The highest BCUT2D eigenvalue weighted by molar-refractivity contribution is 5.72. The Labute approximate surface area is 111 Å². The second-order valence-electron chi connectivity index (χ2n) is 5.99. The summed E-state index contributed by atoms with van der Waals surface area (Å²) in [6.45, 7) is 9.24. The smallest absolute Gasteiger partial charge is 0.314 e. The molecule has 4 heteroatoms. The number of hydrogen-bond donors (Lipinski definition) is 2. The van der Waals surface area contributed by atoms with Gasteiger partial charge in [0.1, 0.15) is 0 Å². The highest BCUT2D eigenvalue weighted by atomic mass is 16.2. The molecule has 3 N–H and O–H groups in total. The molecule has 0 saturated carbocycles. The van der Waals surface area contributed by atoms with Crippen molar-refractivity contribution in [2.75, 3.05) is 19.6 Å². The number of amides is 2. The summed E-state index contributed by atoms with van der Waals surface area (Å²) in [5.41, 5.74) is 5.44. The van der Waals surface area contributed by atoms with Gasteiger partial charge in [0, 0.05) is 19.1 Å². The van der Waals surface area contributed by atoms with Crippen molar-refractivity contribution in [3.63, 3.8) is 0 Å². The van der Waals surface area contributed by atoms with Crippen LogP contribution in [0.3, 0.4) is 0 Å². The van der Waals surface area contributed by atoms with E-state index < -0.39 is 0 Å². The molecule has 0 aliphatic carbocycles. The lowest BCUT2D eigenvalue weighted by Crippen LogP contribution is -2.53. The van der Waals surface area contributed by atoms with Gasteiger partial charge in [-0.25, -0.2) is 4.79 Å². The van der Waals surface area contributed by atoms with Gasteiger partial charge < -0.3 is 16.0 Å². The first-order valence-electron chi connectivity index (χ1n) is 7.30. The van der Waals surface area contributed by atoms with Gasteiger partial charge in [-0.15, -0.1) is 0 Å². The maximum absolute atomic E-state index is 11.4. The molecule has 2 atom stereocenters. The van der Waals surface area contributed by atoms with Crippen LogP contribution in [0.25, 0.3) is 0 Å². The molecule has 1 rings (SSSR count). The summed E-state index contributed by atoms with van der Waals surface area (Å²) in [4.78, 5) is 13.2. The number of rotatable bonds is 6. The number of urea groups is 1. The molecule has 1 fully saturated rings. The van der Waals surface area contributed by atoms with Crippen molar-refractivity contribution in [2.45, 2.75) is 52.5 Å². The van der Waals surface area contributed by atoms with Gasteiger partial charge in [0.05, 0.1) is 0 Å². The van der Waals surface area contributed by atoms with Crippen LogP contribution in [-0.4, -0.2) is 36.6 Å². The minimum atomic E-state index is -0.271. The molecule has 1 aliphatic rings. The van der Waals surface area contributed by atoms with E-state index in [1.807, 2.05) is 4.90 Å². The second kappa shape index (κ2) is 7.62. The van der Waals surface area contributed by atoms with Crippen molar-refractivity contribution in [2.24, 2.45) is 17.6 Å². The fourth-order valence-corrected chi connectivity index (χ4v) is 2.64. The van der Waals surface area contributed by atoms with E-state index in [2.05, 4.69) is 26.1 Å². The fraction of sp³-hybridized carbons (Fsp3) is 0.929. The maximum Gasteiger partial charge on any atom is 0.314 e. The van der Waals surface area contributed by atoms with Crippen LogP contribution in [0.1, 0.15) is 46.5 Å². The van der Waals surface area contributed by atoms with Crippen LogP contribution in [0, 0.1) is 11.8 Å². The number of likely N-dealkylation sites (tertiary alicyclic amines) is 1. The molecule has 106 valence electrons. The van der Waals surface area contributed by atoms with Crippen molar-refractivity contribution < 1.29 is 4.79 Å². The molecular weight excluding hydrogens is 226 g/mol. The molecule has 0 bridgehead atoms. The van der Waals surface area contributed by atoms with E-state index in [4.69, 9.17) is 5.73 Å². The number of carbonyl (C=O) groups is 1. The van der Waals surface area contributed by atoms with Crippen LogP contribution >= 0.6 is 0 Å². The van der Waals surface area contributed by atoms with Gasteiger partial charge >= 0.3 is 6.03 Å².